The van der Waals surface area contributed by atoms with Crippen LogP contribution in [-0.4, -0.2) is 18.1 Å². The molecule has 0 heterocycles. The normalized spacial score (nSPS) is 10.8. The van der Waals surface area contributed by atoms with Crippen molar-refractivity contribution >= 4 is 28.7 Å². The van der Waals surface area contributed by atoms with Crippen LogP contribution in [0.5, 0.6) is 0 Å². The highest BCUT2D eigenvalue weighted by atomic mass is 79.9. The Hall–Kier alpha value is 0.790. The summed E-state index contributed by atoms with van der Waals surface area (Å²) in [5.41, 5.74) is 5.51. The lowest BCUT2D eigenvalue weighted by molar-refractivity contribution is 0.563. The van der Waals surface area contributed by atoms with E-state index in [-0.39, 0.29) is 17.0 Å². The van der Waals surface area contributed by atoms with Gasteiger partial charge in [0.05, 0.1) is 0 Å². The van der Waals surface area contributed by atoms with Crippen LogP contribution in [0.4, 0.5) is 0 Å². The second-order valence-electron chi connectivity index (χ2n) is 7.41. The smallest absolute Gasteiger partial charge is 0.00675 e. The molecule has 0 bridgehead atoms. The molecule has 0 aliphatic carbocycles. The monoisotopic (exact) mass is 437 g/mol. The zero-order chi connectivity index (χ0) is 17.6. The molecule has 0 amide bonds. The number of unbranched alkanes of at least 4 members (excludes halogenated alkanes) is 16. The standard InChI is InChI=1S/C22H47NS.BrH/c1-2-3-4-5-6-7-9-12-15-18-21-24-22-19-16-13-10-8-11-14-17-20-23;/h2-23H2,1H3;1H. The summed E-state index contributed by atoms with van der Waals surface area (Å²) in [5.74, 6) is 2.79. The van der Waals surface area contributed by atoms with Crippen LogP contribution in [0.15, 0.2) is 0 Å². The number of hydrogen-bond donors (Lipinski definition) is 1. The van der Waals surface area contributed by atoms with Crippen molar-refractivity contribution in [2.24, 2.45) is 5.73 Å². The Bertz CT molecular complexity index is 192. The molecule has 0 saturated heterocycles. The maximum absolute atomic E-state index is 5.51. The fourth-order valence-corrected chi connectivity index (χ4v) is 4.22. The van der Waals surface area contributed by atoms with Crippen LogP contribution in [0.3, 0.4) is 0 Å². The molecule has 0 aromatic rings. The largest absolute Gasteiger partial charge is 0.330 e. The van der Waals surface area contributed by atoms with E-state index in [0.29, 0.717) is 0 Å². The maximum Gasteiger partial charge on any atom is -0.00675 e. The van der Waals surface area contributed by atoms with E-state index in [2.05, 4.69) is 18.7 Å². The summed E-state index contributed by atoms with van der Waals surface area (Å²) in [5, 5.41) is 0. The third-order valence-corrected chi connectivity index (χ3v) is 6.04. The minimum atomic E-state index is 0. The summed E-state index contributed by atoms with van der Waals surface area (Å²) in [6.07, 6.45) is 25.7. The van der Waals surface area contributed by atoms with Gasteiger partial charge in [-0.2, -0.15) is 11.8 Å². The van der Waals surface area contributed by atoms with Gasteiger partial charge in [-0.25, -0.2) is 0 Å². The molecule has 0 aliphatic rings. The molecule has 0 radical (unpaired) electrons. The summed E-state index contributed by atoms with van der Waals surface area (Å²) in [6, 6.07) is 0. The van der Waals surface area contributed by atoms with Gasteiger partial charge in [-0.05, 0) is 37.3 Å². The molecule has 1 nitrogen and oxygen atoms in total. The lowest BCUT2D eigenvalue weighted by Crippen LogP contribution is -1.97. The first-order chi connectivity index (χ1) is 11.9. The van der Waals surface area contributed by atoms with Gasteiger partial charge in [0.25, 0.3) is 0 Å². The SMILES string of the molecule is Br.CCCCCCCCCCCCSCCCCCCCCCCN. The molecule has 0 fully saturated rings. The van der Waals surface area contributed by atoms with Crippen molar-refractivity contribution < 1.29 is 0 Å². The first kappa shape index (κ1) is 28.0. The first-order valence-electron chi connectivity index (χ1n) is 11.2. The molecule has 25 heavy (non-hydrogen) atoms. The summed E-state index contributed by atoms with van der Waals surface area (Å²) in [6.45, 7) is 3.17. The third kappa shape index (κ3) is 27.1. The van der Waals surface area contributed by atoms with Gasteiger partial charge in [-0.15, -0.1) is 17.0 Å². The quantitative estimate of drug-likeness (QED) is 0.182. The Morgan fingerprint density at radius 2 is 0.800 bits per heavy atom. The molecule has 0 saturated carbocycles. The zero-order valence-electron chi connectivity index (χ0n) is 17.2. The lowest BCUT2D eigenvalue weighted by atomic mass is 10.1. The molecule has 0 aliphatic heterocycles. The molecule has 0 aromatic heterocycles. The van der Waals surface area contributed by atoms with Crippen molar-refractivity contribution in [3.05, 3.63) is 0 Å². The highest BCUT2D eigenvalue weighted by molar-refractivity contribution is 8.93. The van der Waals surface area contributed by atoms with Gasteiger partial charge in [-0.3, -0.25) is 0 Å². The lowest BCUT2D eigenvalue weighted by Gasteiger charge is -2.04. The summed E-state index contributed by atoms with van der Waals surface area (Å²) >= 11 is 2.19. The molecule has 3 heteroatoms. The first-order valence-corrected chi connectivity index (χ1v) is 12.3. The Morgan fingerprint density at radius 1 is 0.480 bits per heavy atom. The Balaban J connectivity index is 0. The number of rotatable bonds is 21. The van der Waals surface area contributed by atoms with E-state index in [1.807, 2.05) is 0 Å². The van der Waals surface area contributed by atoms with Gasteiger partial charge in [0.2, 0.25) is 0 Å². The Morgan fingerprint density at radius 3 is 1.16 bits per heavy atom. The van der Waals surface area contributed by atoms with E-state index in [4.69, 9.17) is 5.73 Å². The van der Waals surface area contributed by atoms with Gasteiger partial charge in [0.15, 0.2) is 0 Å². The van der Waals surface area contributed by atoms with Crippen molar-refractivity contribution in [2.75, 3.05) is 18.1 Å². The van der Waals surface area contributed by atoms with Crippen molar-refractivity contribution in [3.8, 4) is 0 Å². The van der Waals surface area contributed by atoms with E-state index in [1.165, 1.54) is 127 Å². The highest BCUT2D eigenvalue weighted by Crippen LogP contribution is 2.14. The summed E-state index contributed by atoms with van der Waals surface area (Å²) in [4.78, 5) is 0. The number of halogens is 1. The van der Waals surface area contributed by atoms with Crippen LogP contribution in [0, 0.1) is 0 Å². The van der Waals surface area contributed by atoms with Crippen molar-refractivity contribution in [1.29, 1.82) is 0 Å². The van der Waals surface area contributed by atoms with E-state index < -0.39 is 0 Å². The van der Waals surface area contributed by atoms with Crippen LogP contribution in [0.25, 0.3) is 0 Å². The van der Waals surface area contributed by atoms with Crippen LogP contribution >= 0.6 is 28.7 Å². The second kappa shape index (κ2) is 27.0. The average Bonchev–Trinajstić information content (AvgIpc) is 2.60. The van der Waals surface area contributed by atoms with Crippen LogP contribution < -0.4 is 5.73 Å². The molecule has 0 rings (SSSR count). The van der Waals surface area contributed by atoms with E-state index in [9.17, 15) is 0 Å². The minimum Gasteiger partial charge on any atom is -0.330 e. The number of hydrogen-bond acceptors (Lipinski definition) is 2. The second-order valence-corrected chi connectivity index (χ2v) is 8.64. The summed E-state index contributed by atoms with van der Waals surface area (Å²) < 4.78 is 0. The van der Waals surface area contributed by atoms with Gasteiger partial charge in [0.1, 0.15) is 0 Å². The third-order valence-electron chi connectivity index (χ3n) is 4.89. The molecule has 0 atom stereocenters. The number of nitrogens with two attached hydrogens (primary N) is 1. The predicted molar refractivity (Wildman–Crippen MR) is 125 cm³/mol. The maximum atomic E-state index is 5.51. The molecular weight excluding hydrogens is 390 g/mol. The fraction of sp³-hybridized carbons (Fsp3) is 1.00. The van der Waals surface area contributed by atoms with Gasteiger partial charge in [-0.1, -0.05) is 103 Å². The van der Waals surface area contributed by atoms with Gasteiger partial charge >= 0.3 is 0 Å². The van der Waals surface area contributed by atoms with Gasteiger partial charge < -0.3 is 5.73 Å². The Kier molecular flexibility index (Phi) is 30.3. The highest BCUT2D eigenvalue weighted by Gasteiger charge is 1.95. The van der Waals surface area contributed by atoms with Crippen molar-refractivity contribution in [1.82, 2.24) is 0 Å². The molecule has 2 N–H and O–H groups in total. The molecule has 0 spiro atoms. The summed E-state index contributed by atoms with van der Waals surface area (Å²) in [7, 11) is 0. The van der Waals surface area contributed by atoms with Crippen LogP contribution in [-0.2, 0) is 0 Å². The van der Waals surface area contributed by atoms with E-state index in [0.717, 1.165) is 6.54 Å². The van der Waals surface area contributed by atoms with Gasteiger partial charge in [0, 0.05) is 0 Å². The average molecular weight is 439 g/mol. The molecule has 154 valence electrons. The van der Waals surface area contributed by atoms with Crippen molar-refractivity contribution in [3.63, 3.8) is 0 Å². The Labute approximate surface area is 174 Å². The van der Waals surface area contributed by atoms with Crippen molar-refractivity contribution in [2.45, 2.75) is 122 Å². The molecule has 0 aromatic carbocycles. The fourth-order valence-electron chi connectivity index (χ4n) is 3.20. The zero-order valence-corrected chi connectivity index (χ0v) is 19.8. The molecule has 0 unspecified atom stereocenters. The predicted octanol–water partition coefficient (Wildman–Crippen LogP) is 8.30. The molecular formula is C22H48BrNS. The van der Waals surface area contributed by atoms with Crippen LogP contribution in [0.2, 0.25) is 0 Å². The number of thioether (sulfide) groups is 1. The van der Waals surface area contributed by atoms with Crippen LogP contribution in [0.1, 0.15) is 122 Å². The van der Waals surface area contributed by atoms with E-state index >= 15 is 0 Å². The topological polar surface area (TPSA) is 26.0 Å². The minimum absolute atomic E-state index is 0. The van der Waals surface area contributed by atoms with E-state index in [1.54, 1.807) is 0 Å².